The number of hydrogen-bond donors (Lipinski definition) is 2. The number of fused-ring (bicyclic) bond motifs is 5. The molecule has 0 bridgehead atoms. The van der Waals surface area contributed by atoms with Gasteiger partial charge in [-0.15, -0.1) is 28.0 Å². The first-order valence-corrected chi connectivity index (χ1v) is 29.0. The van der Waals surface area contributed by atoms with Crippen molar-refractivity contribution in [3.8, 4) is 29.2 Å². The second-order valence-electron chi connectivity index (χ2n) is 21.4. The lowest BCUT2D eigenvalue weighted by atomic mass is 9.98. The molecule has 2 fully saturated rings. The van der Waals surface area contributed by atoms with Gasteiger partial charge in [-0.05, 0) is 117 Å². The quantitative estimate of drug-likeness (QED) is 0.0546. The summed E-state index contributed by atoms with van der Waals surface area (Å²) in [7, 11) is 0. The first-order valence-electron chi connectivity index (χ1n) is 28.2. The first kappa shape index (κ1) is 55.1. The minimum atomic E-state index is -0.600. The molecule has 82 heavy (non-hydrogen) atoms. The molecule has 418 valence electrons. The van der Waals surface area contributed by atoms with E-state index in [-0.39, 0.29) is 54.4 Å². The van der Waals surface area contributed by atoms with Crippen LogP contribution >= 0.6 is 11.3 Å². The number of piperidine rings is 2. The van der Waals surface area contributed by atoms with Gasteiger partial charge in [-0.25, -0.2) is 0 Å². The summed E-state index contributed by atoms with van der Waals surface area (Å²) in [6.07, 6.45) is 22.3. The topological polar surface area (TPSA) is 209 Å². The summed E-state index contributed by atoms with van der Waals surface area (Å²) in [5.74, 6) is 9.52. The van der Waals surface area contributed by atoms with Crippen molar-refractivity contribution in [2.24, 2.45) is 0 Å². The first-order chi connectivity index (χ1) is 39.9. The van der Waals surface area contributed by atoms with Crippen LogP contribution < -0.4 is 10.6 Å². The highest BCUT2D eigenvalue weighted by Gasteiger charge is 2.41. The lowest BCUT2D eigenvalue weighted by Crippen LogP contribution is -2.52. The Morgan fingerprint density at radius 1 is 0.671 bits per heavy atom. The number of carbonyl (C=O) groups is 6. The van der Waals surface area contributed by atoms with E-state index in [1.165, 1.54) is 11.1 Å². The van der Waals surface area contributed by atoms with Crippen molar-refractivity contribution in [2.45, 2.75) is 148 Å². The Balaban J connectivity index is 0.000000199. The SMILES string of the molecule is C#Cc1cnn(CCCCCc2cccc3c2CN(C2CCC(=O)NC2=O)C3=O)c1.Cc1nnc2n1-c1sc(C#Cc3cnn(CCCCCc4cccc5c4CN(C4CCC(=O)NC4=O)C5=O)c3)c(Cc3ccccc3)c1CO[C@H]2C. The van der Waals surface area contributed by atoms with E-state index < -0.39 is 12.1 Å². The van der Waals surface area contributed by atoms with E-state index >= 15 is 0 Å². The van der Waals surface area contributed by atoms with Crippen LogP contribution in [-0.2, 0) is 76.0 Å². The van der Waals surface area contributed by atoms with Crippen LogP contribution in [-0.4, -0.2) is 91.7 Å². The van der Waals surface area contributed by atoms with Crippen molar-refractivity contribution in [3.05, 3.63) is 169 Å². The summed E-state index contributed by atoms with van der Waals surface area (Å²) in [4.78, 5) is 78.0. The van der Waals surface area contributed by atoms with Crippen LogP contribution in [0.25, 0.3) is 5.00 Å². The molecule has 2 saturated heterocycles. The number of nitrogens with zero attached hydrogens (tertiary/aromatic N) is 9. The zero-order chi connectivity index (χ0) is 56.9. The molecule has 2 unspecified atom stereocenters. The third-order valence-electron chi connectivity index (χ3n) is 16.0. The number of rotatable bonds is 16. The molecule has 6 amide bonds. The van der Waals surface area contributed by atoms with E-state index in [4.69, 9.17) is 11.2 Å². The van der Waals surface area contributed by atoms with Gasteiger partial charge < -0.3 is 14.5 Å². The van der Waals surface area contributed by atoms with Crippen molar-refractivity contribution in [1.29, 1.82) is 0 Å². The monoisotopic (exact) mass is 1120 g/mol. The predicted molar refractivity (Wildman–Crippen MR) is 305 cm³/mol. The molecule has 4 aromatic heterocycles. The van der Waals surface area contributed by atoms with Gasteiger partial charge in [-0.3, -0.25) is 53.3 Å². The number of aromatic nitrogens is 7. The number of carbonyl (C=O) groups excluding carboxylic acids is 6. The fourth-order valence-electron chi connectivity index (χ4n) is 11.6. The summed E-state index contributed by atoms with van der Waals surface area (Å²) in [5, 5.41) is 23.4. The average Bonchev–Trinajstić information content (AvgIpc) is 4.50. The van der Waals surface area contributed by atoms with Gasteiger partial charge >= 0.3 is 0 Å². The molecular weight excluding hydrogens is 1050 g/mol. The predicted octanol–water partition coefficient (Wildman–Crippen LogP) is 7.63. The van der Waals surface area contributed by atoms with Crippen LogP contribution in [0.15, 0.2) is 91.5 Å². The van der Waals surface area contributed by atoms with Crippen LogP contribution in [0.4, 0.5) is 0 Å². The van der Waals surface area contributed by atoms with E-state index in [2.05, 4.69) is 89.8 Å². The molecule has 5 aliphatic rings. The number of unbranched alkanes of at least 4 members (excludes halogenated alkanes) is 4. The van der Waals surface area contributed by atoms with Crippen molar-refractivity contribution in [3.63, 3.8) is 0 Å². The molecule has 9 heterocycles. The molecule has 0 spiro atoms. The van der Waals surface area contributed by atoms with Gasteiger partial charge in [0, 0.05) is 68.1 Å². The summed E-state index contributed by atoms with van der Waals surface area (Å²) < 4.78 is 12.2. The largest absolute Gasteiger partial charge is 0.366 e. The van der Waals surface area contributed by atoms with Crippen molar-refractivity contribution < 1.29 is 33.5 Å². The van der Waals surface area contributed by atoms with E-state index in [1.807, 2.05) is 72.1 Å². The van der Waals surface area contributed by atoms with Crippen LogP contribution in [0.1, 0.15) is 165 Å². The van der Waals surface area contributed by atoms with Crippen LogP contribution in [0, 0.1) is 31.1 Å². The number of nitrogens with one attached hydrogen (secondary N) is 2. The van der Waals surface area contributed by atoms with Gasteiger partial charge in [0.2, 0.25) is 23.6 Å². The number of amides is 6. The number of hydrogen-bond acceptors (Lipinski definition) is 12. The molecule has 18 nitrogen and oxygen atoms in total. The van der Waals surface area contributed by atoms with Crippen molar-refractivity contribution >= 4 is 46.8 Å². The number of ether oxygens (including phenoxy) is 1. The highest BCUT2D eigenvalue weighted by molar-refractivity contribution is 7.15. The summed E-state index contributed by atoms with van der Waals surface area (Å²) in [6.45, 7) is 6.93. The fourth-order valence-corrected chi connectivity index (χ4v) is 12.9. The van der Waals surface area contributed by atoms with Gasteiger partial charge in [0.1, 0.15) is 29.0 Å². The van der Waals surface area contributed by atoms with Gasteiger partial charge in [0.15, 0.2) is 5.82 Å². The highest BCUT2D eigenvalue weighted by Crippen LogP contribution is 2.40. The molecule has 0 saturated carbocycles. The van der Waals surface area contributed by atoms with E-state index in [9.17, 15) is 28.8 Å². The number of imide groups is 2. The Labute approximate surface area is 479 Å². The lowest BCUT2D eigenvalue weighted by molar-refractivity contribution is -0.138. The second kappa shape index (κ2) is 24.5. The third kappa shape index (κ3) is 11.8. The molecule has 3 atom stereocenters. The van der Waals surface area contributed by atoms with Gasteiger partial charge in [0.05, 0.1) is 35.0 Å². The minimum Gasteiger partial charge on any atom is -0.366 e. The molecule has 7 aromatic rings. The molecule has 2 N–H and O–H groups in total. The second-order valence-corrected chi connectivity index (χ2v) is 22.4. The van der Waals surface area contributed by atoms with E-state index in [0.717, 1.165) is 131 Å². The maximum atomic E-state index is 13.2. The van der Waals surface area contributed by atoms with Crippen molar-refractivity contribution in [1.82, 2.24) is 54.8 Å². The molecule has 12 rings (SSSR count). The molecule has 5 aliphatic heterocycles. The lowest BCUT2D eigenvalue weighted by Gasteiger charge is -2.29. The Kier molecular flexibility index (Phi) is 16.5. The number of thiophene rings is 1. The molecule has 3 aromatic carbocycles. The normalized spacial score (nSPS) is 18.1. The van der Waals surface area contributed by atoms with Crippen molar-refractivity contribution in [2.75, 3.05) is 0 Å². The minimum absolute atomic E-state index is 0.121. The Hall–Kier alpha value is -8.78. The zero-order valence-corrected chi connectivity index (χ0v) is 46.8. The fraction of sp³-hybridized carbons (Fsp3) is 0.365. The smallest absolute Gasteiger partial charge is 0.255 e. The summed E-state index contributed by atoms with van der Waals surface area (Å²) in [5.41, 5.74) is 10.9. The molecular formula is C63H63N11O7S. The maximum Gasteiger partial charge on any atom is 0.255 e. The van der Waals surface area contributed by atoms with Crippen LogP contribution in [0.3, 0.4) is 0 Å². The Bertz CT molecular complexity index is 3720. The maximum absolute atomic E-state index is 13.2. The van der Waals surface area contributed by atoms with Gasteiger partial charge in [-0.2, -0.15) is 10.2 Å². The molecule has 0 radical (unpaired) electrons. The van der Waals surface area contributed by atoms with E-state index in [1.54, 1.807) is 27.3 Å². The number of aryl methyl sites for hydroxylation is 5. The highest BCUT2D eigenvalue weighted by atomic mass is 32.1. The van der Waals surface area contributed by atoms with Gasteiger partial charge in [-0.1, -0.05) is 85.2 Å². The molecule has 0 aliphatic carbocycles. The Morgan fingerprint density at radius 3 is 1.80 bits per heavy atom. The van der Waals surface area contributed by atoms with Gasteiger partial charge in [0.25, 0.3) is 11.8 Å². The summed E-state index contributed by atoms with van der Waals surface area (Å²) in [6, 6.07) is 20.9. The number of terminal acetylenes is 1. The average molecular weight is 1120 g/mol. The van der Waals surface area contributed by atoms with Crippen LogP contribution in [0.5, 0.6) is 0 Å². The molecule has 19 heteroatoms. The zero-order valence-electron chi connectivity index (χ0n) is 46.0. The standard InChI is InChI=1S/C40H39N7O4S.C23H24N4O3/c1-25-37-44-43-26(2)47(37)40-33(24-51-25)31(20-27-10-5-3-6-11-27)35(52-40)17-15-28-21-41-45(22-28)19-8-4-7-12-29-13-9-14-30-32(29)23-46(39(30)50)34-16-18-36(48)42-38(34)49;1-2-16-13-24-26(14-16)12-5-3-4-7-17-8-6-9-18-19(17)15-27(23(18)30)20-10-11-21(28)25-22(20)29/h3,5-6,9-11,13-14,21-22,25,34H,4,7-8,12,16,18-20,23-24H2,1-2H3,(H,42,48,49);1,6,8-9,13-14,20H,3-5,7,10-12,15H2,(H,25,28,29)/t25-,34?;/m0./s1. The summed E-state index contributed by atoms with van der Waals surface area (Å²) >= 11 is 1.67. The van der Waals surface area contributed by atoms with Crippen LogP contribution in [0.2, 0.25) is 0 Å². The Morgan fingerprint density at radius 2 is 1.24 bits per heavy atom. The van der Waals surface area contributed by atoms with E-state index in [0.29, 0.717) is 43.7 Å². The third-order valence-corrected chi connectivity index (χ3v) is 17.2. The number of benzene rings is 3.